The molecule has 1 atom stereocenters. The Balaban J connectivity index is 0.000000175. The van der Waals surface area contributed by atoms with Gasteiger partial charge in [0.15, 0.2) is 0 Å². The van der Waals surface area contributed by atoms with Crippen LogP contribution in [0.25, 0.3) is 11.1 Å². The van der Waals surface area contributed by atoms with Crippen LogP contribution in [0.3, 0.4) is 0 Å². The molecule has 0 aliphatic heterocycles. The van der Waals surface area contributed by atoms with Crippen molar-refractivity contribution in [2.75, 3.05) is 0 Å². The predicted octanol–water partition coefficient (Wildman–Crippen LogP) is 1.59. The van der Waals surface area contributed by atoms with E-state index in [1.54, 1.807) is 19.3 Å². The summed E-state index contributed by atoms with van der Waals surface area (Å²) in [5.74, 6) is 3.17. The molecule has 0 nitrogen and oxygen atoms in total. The molecule has 170 valence electrons. The van der Waals surface area contributed by atoms with Crippen molar-refractivity contribution in [2.45, 2.75) is 58.8 Å². The van der Waals surface area contributed by atoms with Crippen LogP contribution < -0.4 is 24.8 Å². The van der Waals surface area contributed by atoms with Crippen LogP contribution >= 0.6 is 0 Å². The second kappa shape index (κ2) is 10.2. The summed E-state index contributed by atoms with van der Waals surface area (Å²) < 4.78 is 0. The third-order valence-corrected chi connectivity index (χ3v) is 8.91. The summed E-state index contributed by atoms with van der Waals surface area (Å²) in [5.41, 5.74) is 7.80. The van der Waals surface area contributed by atoms with Crippen molar-refractivity contribution in [3.8, 4) is 11.1 Å². The minimum Gasteiger partial charge on any atom is -1.00 e. The van der Waals surface area contributed by atoms with Crippen molar-refractivity contribution in [2.24, 2.45) is 28.6 Å². The fourth-order valence-electron chi connectivity index (χ4n) is 7.87. The minimum atomic E-state index is 0. The van der Waals surface area contributed by atoms with Gasteiger partial charge in [-0.05, 0) is 68.1 Å². The molecule has 0 aromatic heterocycles. The van der Waals surface area contributed by atoms with Gasteiger partial charge >= 0.3 is 26.2 Å². The van der Waals surface area contributed by atoms with Gasteiger partial charge in [-0.1, -0.05) is 54.7 Å². The summed E-state index contributed by atoms with van der Waals surface area (Å²) in [4.78, 5) is 0. The SMILES string of the molecule is CC1=CC(C)(C23CC4CC(CC(C4)C2)C3)C=[C-]1.[Cl-].[Cl-].[Zr+4].[c-]1cccc2c1Cc1ccccc1-2. The molecular weight excluding hydrogens is 522 g/mol. The zero-order chi connectivity index (χ0) is 20.3. The van der Waals surface area contributed by atoms with E-state index in [1.165, 1.54) is 47.1 Å². The zero-order valence-corrected chi connectivity index (χ0v) is 23.6. The first-order chi connectivity index (χ1) is 14.5. The van der Waals surface area contributed by atoms with Gasteiger partial charge in [-0.3, -0.25) is 6.08 Å². The quantitative estimate of drug-likeness (QED) is 0.401. The van der Waals surface area contributed by atoms with Crippen LogP contribution in [0.1, 0.15) is 63.5 Å². The van der Waals surface area contributed by atoms with Gasteiger partial charge in [0.2, 0.25) is 0 Å². The zero-order valence-electron chi connectivity index (χ0n) is 19.6. The molecule has 0 amide bonds. The Kier molecular flexibility index (Phi) is 8.31. The summed E-state index contributed by atoms with van der Waals surface area (Å²) in [5, 5.41) is 0. The molecule has 6 aliphatic carbocycles. The van der Waals surface area contributed by atoms with E-state index in [-0.39, 0.29) is 51.0 Å². The second-order valence-corrected chi connectivity index (χ2v) is 11.0. The smallest absolute Gasteiger partial charge is 1.00 e. The van der Waals surface area contributed by atoms with E-state index < -0.39 is 0 Å². The molecule has 0 radical (unpaired) electrons. The number of rotatable bonds is 1. The standard InChI is InChI=1S/C17H23.C13H9.2ClH.Zr/c1-12-3-4-16(2,8-12)17-9-13-5-14(10-17)7-15(6-13)11-17;1-3-7-12-10(5-1)9-11-6-2-4-8-13(11)12;;;/h4,8,13-15H,5-7,9-11H2,1-2H3;1-5,7-8H,9H2;2*1H;/q2*-1;;;+4/p-2. The van der Waals surface area contributed by atoms with Gasteiger partial charge in [0.05, 0.1) is 0 Å². The maximum Gasteiger partial charge on any atom is 4.00 e. The number of hydrogen-bond acceptors (Lipinski definition) is 0. The van der Waals surface area contributed by atoms with Gasteiger partial charge in [0.25, 0.3) is 0 Å². The first-order valence-electron chi connectivity index (χ1n) is 11.9. The first kappa shape index (κ1) is 27.0. The van der Waals surface area contributed by atoms with Crippen molar-refractivity contribution < 1.29 is 51.0 Å². The van der Waals surface area contributed by atoms with Gasteiger partial charge in [0, 0.05) is 0 Å². The molecule has 0 spiro atoms. The summed E-state index contributed by atoms with van der Waals surface area (Å²) in [6.07, 6.45) is 18.6. The molecule has 6 aliphatic rings. The summed E-state index contributed by atoms with van der Waals surface area (Å²) in [6, 6.07) is 18.1. The number of fused-ring (bicyclic) bond motifs is 3. The van der Waals surface area contributed by atoms with Gasteiger partial charge in [-0.2, -0.15) is 35.9 Å². The Bertz CT molecular complexity index is 974. The Labute approximate surface area is 231 Å². The van der Waals surface area contributed by atoms with Crippen molar-refractivity contribution >= 4 is 0 Å². The van der Waals surface area contributed by atoms with E-state index in [0.717, 1.165) is 24.2 Å². The van der Waals surface area contributed by atoms with Crippen LogP contribution in [0.5, 0.6) is 0 Å². The van der Waals surface area contributed by atoms with Crippen LogP contribution in [0.15, 0.2) is 60.2 Å². The van der Waals surface area contributed by atoms with Crippen LogP contribution in [0.2, 0.25) is 0 Å². The topological polar surface area (TPSA) is 0 Å². The molecular formula is C30H32Cl2Zr. The van der Waals surface area contributed by atoms with E-state index in [0.29, 0.717) is 10.8 Å². The molecule has 1 unspecified atom stereocenters. The van der Waals surface area contributed by atoms with Gasteiger partial charge < -0.3 is 24.8 Å². The Hall–Kier alpha value is -0.617. The van der Waals surface area contributed by atoms with Gasteiger partial charge in [-0.15, -0.1) is 5.56 Å². The van der Waals surface area contributed by atoms with Crippen LogP contribution in [-0.2, 0) is 32.6 Å². The fraction of sp³-hybridized carbons (Fsp3) is 0.467. The Morgan fingerprint density at radius 1 is 0.848 bits per heavy atom. The average molecular weight is 555 g/mol. The summed E-state index contributed by atoms with van der Waals surface area (Å²) in [6.45, 7) is 4.69. The van der Waals surface area contributed by atoms with Gasteiger partial charge in [-0.25, -0.2) is 11.6 Å². The molecule has 4 bridgehead atoms. The number of halogens is 2. The summed E-state index contributed by atoms with van der Waals surface area (Å²) in [7, 11) is 0. The molecule has 0 heterocycles. The van der Waals surface area contributed by atoms with Crippen molar-refractivity contribution in [3.63, 3.8) is 0 Å². The van der Waals surface area contributed by atoms with E-state index in [9.17, 15) is 0 Å². The molecule has 0 N–H and O–H groups in total. The molecule has 3 heteroatoms. The Morgan fingerprint density at radius 3 is 2.06 bits per heavy atom. The normalized spacial score (nSPS) is 33.4. The maximum absolute atomic E-state index is 3.47. The van der Waals surface area contributed by atoms with E-state index in [2.05, 4.69) is 74.5 Å². The van der Waals surface area contributed by atoms with E-state index in [4.69, 9.17) is 0 Å². The van der Waals surface area contributed by atoms with Gasteiger partial charge in [0.1, 0.15) is 0 Å². The molecule has 33 heavy (non-hydrogen) atoms. The van der Waals surface area contributed by atoms with Crippen LogP contribution in [-0.4, -0.2) is 0 Å². The molecule has 0 saturated heterocycles. The van der Waals surface area contributed by atoms with Crippen molar-refractivity contribution in [1.82, 2.24) is 0 Å². The first-order valence-corrected chi connectivity index (χ1v) is 11.9. The number of hydrogen-bond donors (Lipinski definition) is 0. The average Bonchev–Trinajstić information content (AvgIpc) is 3.28. The molecule has 8 rings (SSSR count). The molecule has 2 aromatic carbocycles. The predicted molar refractivity (Wildman–Crippen MR) is 124 cm³/mol. The van der Waals surface area contributed by atoms with Crippen LogP contribution in [0, 0.1) is 40.7 Å². The second-order valence-electron chi connectivity index (χ2n) is 11.0. The fourth-order valence-corrected chi connectivity index (χ4v) is 7.87. The maximum atomic E-state index is 3.47. The van der Waals surface area contributed by atoms with E-state index >= 15 is 0 Å². The monoisotopic (exact) mass is 552 g/mol. The number of allylic oxidation sites excluding steroid dienone is 4. The molecule has 4 fully saturated rings. The van der Waals surface area contributed by atoms with Crippen molar-refractivity contribution in [3.05, 3.63) is 83.5 Å². The molecule has 4 saturated carbocycles. The minimum absolute atomic E-state index is 0. The third-order valence-electron chi connectivity index (χ3n) is 8.91. The van der Waals surface area contributed by atoms with Crippen LogP contribution in [0.4, 0.5) is 0 Å². The summed E-state index contributed by atoms with van der Waals surface area (Å²) >= 11 is 0. The van der Waals surface area contributed by atoms with E-state index in [1.807, 2.05) is 6.07 Å². The largest absolute Gasteiger partial charge is 4.00 e. The Morgan fingerprint density at radius 2 is 1.45 bits per heavy atom. The molecule has 2 aromatic rings. The number of benzene rings is 2. The van der Waals surface area contributed by atoms with Crippen molar-refractivity contribution in [1.29, 1.82) is 0 Å². The third kappa shape index (κ3) is 4.64.